The van der Waals surface area contributed by atoms with Crippen molar-refractivity contribution in [3.05, 3.63) is 30.1 Å². The predicted octanol–water partition coefficient (Wildman–Crippen LogP) is 1.72. The van der Waals surface area contributed by atoms with Crippen LogP contribution in [0.5, 0.6) is 0 Å². The Morgan fingerprint density at radius 3 is 2.83 bits per heavy atom. The quantitative estimate of drug-likeness (QED) is 0.887. The lowest BCUT2D eigenvalue weighted by Crippen LogP contribution is -2.41. The van der Waals surface area contributed by atoms with Crippen LogP contribution in [0, 0.1) is 5.82 Å². The van der Waals surface area contributed by atoms with E-state index in [0.717, 1.165) is 26.1 Å². The molecule has 1 aromatic rings. The summed E-state index contributed by atoms with van der Waals surface area (Å²) in [5.74, 6) is -0.176. The monoisotopic (exact) mass is 252 g/mol. The van der Waals surface area contributed by atoms with Crippen molar-refractivity contribution in [3.63, 3.8) is 0 Å². The van der Waals surface area contributed by atoms with Crippen LogP contribution >= 0.6 is 0 Å². The van der Waals surface area contributed by atoms with E-state index in [9.17, 15) is 9.50 Å². The lowest BCUT2D eigenvalue weighted by molar-refractivity contribution is 0.253. The number of para-hydroxylation sites is 1. The van der Waals surface area contributed by atoms with Gasteiger partial charge in [0.2, 0.25) is 0 Å². The second-order valence-corrected chi connectivity index (χ2v) is 4.93. The van der Waals surface area contributed by atoms with Gasteiger partial charge in [0.25, 0.3) is 0 Å². The molecular weight excluding hydrogens is 231 g/mol. The highest BCUT2D eigenvalue weighted by atomic mass is 19.1. The molecule has 2 rings (SSSR count). The van der Waals surface area contributed by atoms with Gasteiger partial charge in [-0.2, -0.15) is 0 Å². The molecule has 1 atom stereocenters. The molecule has 0 aromatic heterocycles. The van der Waals surface area contributed by atoms with Gasteiger partial charge in [-0.15, -0.1) is 0 Å². The third-order valence-electron chi connectivity index (χ3n) is 3.53. The van der Waals surface area contributed by atoms with Gasteiger partial charge in [-0.25, -0.2) is 4.39 Å². The maximum Gasteiger partial charge on any atom is 0.146 e. The van der Waals surface area contributed by atoms with Crippen LogP contribution in [0.4, 0.5) is 10.1 Å². The Bertz CT molecular complexity index is 386. The summed E-state index contributed by atoms with van der Waals surface area (Å²) in [6.07, 6.45) is 1.70. The first kappa shape index (κ1) is 13.3. The van der Waals surface area contributed by atoms with Crippen LogP contribution < -0.4 is 4.90 Å². The highest BCUT2D eigenvalue weighted by molar-refractivity contribution is 5.48. The van der Waals surface area contributed by atoms with Gasteiger partial charge >= 0.3 is 0 Å². The van der Waals surface area contributed by atoms with E-state index in [1.807, 2.05) is 12.1 Å². The van der Waals surface area contributed by atoms with Crippen molar-refractivity contribution in [2.45, 2.75) is 18.9 Å². The number of anilines is 1. The fraction of sp³-hybridized carbons (Fsp3) is 0.571. The minimum atomic E-state index is -0.176. The van der Waals surface area contributed by atoms with Gasteiger partial charge in [0.1, 0.15) is 5.82 Å². The summed E-state index contributed by atoms with van der Waals surface area (Å²) in [6.45, 7) is 2.88. The molecule has 4 heteroatoms. The molecule has 0 radical (unpaired) electrons. The van der Waals surface area contributed by atoms with Gasteiger partial charge in [0.15, 0.2) is 0 Å². The second kappa shape index (κ2) is 6.16. The molecule has 0 amide bonds. The largest absolute Gasteiger partial charge is 0.396 e. The van der Waals surface area contributed by atoms with Crippen LogP contribution in [-0.4, -0.2) is 49.3 Å². The number of benzene rings is 1. The summed E-state index contributed by atoms with van der Waals surface area (Å²) < 4.78 is 13.9. The zero-order valence-electron chi connectivity index (χ0n) is 10.8. The van der Waals surface area contributed by atoms with Crippen molar-refractivity contribution < 1.29 is 9.50 Å². The minimum absolute atomic E-state index is 0.142. The third-order valence-corrected chi connectivity index (χ3v) is 3.53. The molecule has 1 saturated heterocycles. The van der Waals surface area contributed by atoms with Crippen LogP contribution in [0.15, 0.2) is 24.3 Å². The van der Waals surface area contributed by atoms with Crippen LogP contribution in [0.3, 0.4) is 0 Å². The van der Waals surface area contributed by atoms with Gasteiger partial charge in [-0.1, -0.05) is 12.1 Å². The number of aliphatic hydroxyl groups excluding tert-OH is 1. The average Bonchev–Trinajstić information content (AvgIpc) is 2.52. The van der Waals surface area contributed by atoms with E-state index < -0.39 is 0 Å². The number of hydrogen-bond acceptors (Lipinski definition) is 3. The summed E-state index contributed by atoms with van der Waals surface area (Å²) >= 11 is 0. The Morgan fingerprint density at radius 2 is 2.11 bits per heavy atom. The fourth-order valence-electron chi connectivity index (χ4n) is 2.64. The second-order valence-electron chi connectivity index (χ2n) is 4.93. The Labute approximate surface area is 108 Å². The first-order valence-electron chi connectivity index (χ1n) is 6.53. The molecule has 1 aromatic carbocycles. The van der Waals surface area contributed by atoms with Crippen molar-refractivity contribution in [1.29, 1.82) is 0 Å². The van der Waals surface area contributed by atoms with Crippen molar-refractivity contribution in [2.75, 3.05) is 38.2 Å². The lowest BCUT2D eigenvalue weighted by atomic mass is 10.1. The minimum Gasteiger partial charge on any atom is -0.396 e. The molecule has 0 saturated carbocycles. The average molecular weight is 252 g/mol. The van der Waals surface area contributed by atoms with Gasteiger partial charge < -0.3 is 14.9 Å². The number of rotatable bonds is 3. The normalized spacial score (nSPS) is 21.9. The molecule has 3 nitrogen and oxygen atoms in total. The summed E-state index contributed by atoms with van der Waals surface area (Å²) in [5.41, 5.74) is 0.659. The summed E-state index contributed by atoms with van der Waals surface area (Å²) in [5, 5.41) is 9.19. The van der Waals surface area contributed by atoms with Gasteiger partial charge in [0, 0.05) is 25.7 Å². The molecule has 1 heterocycles. The summed E-state index contributed by atoms with van der Waals surface area (Å²) in [4.78, 5) is 4.36. The molecule has 18 heavy (non-hydrogen) atoms. The molecule has 1 fully saturated rings. The van der Waals surface area contributed by atoms with E-state index in [1.54, 1.807) is 6.07 Å². The number of nitrogens with zero attached hydrogens (tertiary/aromatic N) is 2. The Morgan fingerprint density at radius 1 is 1.33 bits per heavy atom. The van der Waals surface area contributed by atoms with Gasteiger partial charge in [-0.3, -0.25) is 0 Å². The topological polar surface area (TPSA) is 26.7 Å². The molecule has 0 spiro atoms. The Hall–Kier alpha value is -1.13. The fourth-order valence-corrected chi connectivity index (χ4v) is 2.64. The highest BCUT2D eigenvalue weighted by Crippen LogP contribution is 2.24. The van der Waals surface area contributed by atoms with Crippen LogP contribution in [0.25, 0.3) is 0 Å². The van der Waals surface area contributed by atoms with Crippen molar-refractivity contribution >= 4 is 5.69 Å². The van der Waals surface area contributed by atoms with E-state index in [4.69, 9.17) is 0 Å². The van der Waals surface area contributed by atoms with E-state index >= 15 is 0 Å². The standard InChI is InChI=1S/C14H21FN2O/c1-16-8-4-9-17(12(11-16)7-10-18)14-6-3-2-5-13(14)15/h2-3,5-6,12,18H,4,7-11H2,1H3. The third kappa shape index (κ3) is 3.00. The summed E-state index contributed by atoms with van der Waals surface area (Å²) in [6, 6.07) is 7.08. The van der Waals surface area contributed by atoms with Gasteiger partial charge in [-0.05, 0) is 38.6 Å². The predicted molar refractivity (Wildman–Crippen MR) is 71.4 cm³/mol. The van der Waals surface area contributed by atoms with E-state index in [2.05, 4.69) is 16.8 Å². The first-order valence-corrected chi connectivity index (χ1v) is 6.53. The molecule has 0 bridgehead atoms. The van der Waals surface area contributed by atoms with Gasteiger partial charge in [0.05, 0.1) is 5.69 Å². The highest BCUT2D eigenvalue weighted by Gasteiger charge is 2.24. The molecule has 1 N–H and O–H groups in total. The molecule has 0 aliphatic carbocycles. The van der Waals surface area contributed by atoms with Crippen molar-refractivity contribution in [2.24, 2.45) is 0 Å². The number of likely N-dealkylation sites (N-methyl/N-ethyl adjacent to an activating group) is 1. The molecule has 1 unspecified atom stereocenters. The molecule has 100 valence electrons. The zero-order valence-corrected chi connectivity index (χ0v) is 10.8. The molecule has 1 aliphatic rings. The smallest absolute Gasteiger partial charge is 0.146 e. The van der Waals surface area contributed by atoms with E-state index in [-0.39, 0.29) is 18.5 Å². The Kier molecular flexibility index (Phi) is 4.55. The van der Waals surface area contributed by atoms with Crippen LogP contribution in [-0.2, 0) is 0 Å². The number of hydrogen-bond donors (Lipinski definition) is 1. The van der Waals surface area contributed by atoms with E-state index in [1.165, 1.54) is 6.07 Å². The van der Waals surface area contributed by atoms with Crippen molar-refractivity contribution in [3.8, 4) is 0 Å². The molecule has 1 aliphatic heterocycles. The maximum atomic E-state index is 13.9. The van der Waals surface area contributed by atoms with Crippen molar-refractivity contribution in [1.82, 2.24) is 4.90 Å². The summed E-state index contributed by atoms with van der Waals surface area (Å²) in [7, 11) is 2.08. The Balaban J connectivity index is 2.24. The number of halogens is 1. The first-order chi connectivity index (χ1) is 8.72. The molecular formula is C14H21FN2O. The van der Waals surface area contributed by atoms with Crippen LogP contribution in [0.2, 0.25) is 0 Å². The van der Waals surface area contributed by atoms with Crippen LogP contribution in [0.1, 0.15) is 12.8 Å². The maximum absolute atomic E-state index is 13.9. The zero-order chi connectivity index (χ0) is 13.0. The van der Waals surface area contributed by atoms with E-state index in [0.29, 0.717) is 12.1 Å². The number of aliphatic hydroxyl groups is 1. The lowest BCUT2D eigenvalue weighted by Gasteiger charge is -2.32. The SMILES string of the molecule is CN1CCCN(c2ccccc2F)C(CCO)C1.